The van der Waals surface area contributed by atoms with Gasteiger partial charge in [0.25, 0.3) is 0 Å². The van der Waals surface area contributed by atoms with Crippen LogP contribution in [-0.4, -0.2) is 9.55 Å². The molecule has 0 spiro atoms. The Labute approximate surface area is 110 Å². The lowest BCUT2D eigenvalue weighted by Crippen LogP contribution is -2.04. The van der Waals surface area contributed by atoms with E-state index in [1.807, 2.05) is 18.4 Å². The first-order valence-corrected chi connectivity index (χ1v) is 6.02. The maximum atomic E-state index is 8.87. The van der Waals surface area contributed by atoms with E-state index in [-0.39, 0.29) is 12.5 Å². The number of benzene rings is 1. The van der Waals surface area contributed by atoms with Gasteiger partial charge in [-0.15, -0.1) is 0 Å². The van der Waals surface area contributed by atoms with Crippen molar-refractivity contribution < 1.29 is 0 Å². The Bertz CT molecular complexity index is 608. The van der Waals surface area contributed by atoms with Crippen molar-refractivity contribution in [1.82, 2.24) is 9.55 Å². The Morgan fingerprint density at radius 1 is 1.35 bits per heavy atom. The number of hydrogen-bond donors (Lipinski definition) is 0. The van der Waals surface area contributed by atoms with Crippen molar-refractivity contribution in [2.24, 2.45) is 0 Å². The number of halogens is 2. The van der Waals surface area contributed by atoms with E-state index in [0.717, 1.165) is 16.9 Å². The van der Waals surface area contributed by atoms with Gasteiger partial charge < -0.3 is 4.57 Å². The highest BCUT2D eigenvalue weighted by atomic mass is 35.5. The van der Waals surface area contributed by atoms with E-state index in [2.05, 4.69) is 11.1 Å². The van der Waals surface area contributed by atoms with Crippen LogP contribution >= 0.6 is 23.2 Å². The first kappa shape index (κ1) is 12.2. The van der Waals surface area contributed by atoms with Crippen molar-refractivity contribution in [2.45, 2.75) is 26.3 Å². The van der Waals surface area contributed by atoms with Crippen LogP contribution in [0.1, 0.15) is 25.6 Å². The summed E-state index contributed by atoms with van der Waals surface area (Å²) in [5.74, 6) is 1.12. The summed E-state index contributed by atoms with van der Waals surface area (Å²) < 4.78 is 1.88. The van der Waals surface area contributed by atoms with E-state index in [4.69, 9.17) is 28.5 Å². The highest BCUT2D eigenvalue weighted by Gasteiger charge is 2.14. The molecule has 0 saturated heterocycles. The Hall–Kier alpha value is -1.24. The van der Waals surface area contributed by atoms with E-state index < -0.39 is 0 Å². The fraction of sp³-hybridized carbons (Fsp3) is 0.333. The summed E-state index contributed by atoms with van der Waals surface area (Å²) in [6, 6.07) is 5.63. The molecule has 0 aliphatic heterocycles. The molecule has 0 radical (unpaired) electrons. The topological polar surface area (TPSA) is 41.6 Å². The van der Waals surface area contributed by atoms with E-state index in [1.54, 1.807) is 12.1 Å². The van der Waals surface area contributed by atoms with Crippen LogP contribution in [-0.2, 0) is 6.54 Å². The highest BCUT2D eigenvalue weighted by molar-refractivity contribution is 6.42. The Balaban J connectivity index is 2.76. The summed E-state index contributed by atoms with van der Waals surface area (Å²) in [5.41, 5.74) is 1.63. The molecule has 0 saturated carbocycles. The molecular weight excluding hydrogens is 257 g/mol. The summed E-state index contributed by atoms with van der Waals surface area (Å²) in [4.78, 5) is 4.50. The van der Waals surface area contributed by atoms with Crippen LogP contribution in [0.3, 0.4) is 0 Å². The number of imidazole rings is 1. The van der Waals surface area contributed by atoms with Crippen molar-refractivity contribution in [1.29, 1.82) is 5.26 Å². The van der Waals surface area contributed by atoms with Gasteiger partial charge in [0.05, 0.1) is 27.1 Å². The van der Waals surface area contributed by atoms with Gasteiger partial charge in [0.1, 0.15) is 12.4 Å². The van der Waals surface area contributed by atoms with Crippen LogP contribution in [0, 0.1) is 11.3 Å². The molecule has 0 aliphatic rings. The van der Waals surface area contributed by atoms with Crippen LogP contribution in [0.2, 0.25) is 10.0 Å². The van der Waals surface area contributed by atoms with Gasteiger partial charge in [0.15, 0.2) is 0 Å². The predicted molar refractivity (Wildman–Crippen MR) is 69.5 cm³/mol. The second-order valence-electron chi connectivity index (χ2n) is 4.12. The molecule has 1 aromatic heterocycles. The number of hydrogen-bond acceptors (Lipinski definition) is 2. The summed E-state index contributed by atoms with van der Waals surface area (Å²) in [6.07, 6.45) is 0. The molecule has 17 heavy (non-hydrogen) atoms. The van der Waals surface area contributed by atoms with Crippen LogP contribution in [0.4, 0.5) is 0 Å². The summed E-state index contributed by atoms with van der Waals surface area (Å²) >= 11 is 12.0. The SMILES string of the molecule is CC(C)c1nc2cc(Cl)c(Cl)cc2n1CC#N. The van der Waals surface area contributed by atoms with Gasteiger partial charge >= 0.3 is 0 Å². The summed E-state index contributed by atoms with van der Waals surface area (Å²) in [6.45, 7) is 4.35. The maximum Gasteiger partial charge on any atom is 0.113 e. The van der Waals surface area contributed by atoms with Gasteiger partial charge in [-0.3, -0.25) is 0 Å². The molecule has 3 nitrogen and oxygen atoms in total. The first-order chi connectivity index (χ1) is 8.04. The predicted octanol–water partition coefficient (Wildman–Crippen LogP) is 3.99. The largest absolute Gasteiger partial charge is 0.314 e. The normalized spacial score (nSPS) is 11.1. The molecule has 0 fully saturated rings. The fourth-order valence-corrected chi connectivity index (χ4v) is 2.13. The molecule has 0 aliphatic carbocycles. The molecular formula is C12H11Cl2N3. The molecule has 88 valence electrons. The van der Waals surface area contributed by atoms with E-state index in [0.29, 0.717) is 10.0 Å². The standard InChI is InChI=1S/C12H11Cl2N3/c1-7(2)12-16-10-5-8(13)9(14)6-11(10)17(12)4-3-15/h5-7H,4H2,1-2H3. The lowest BCUT2D eigenvalue weighted by Gasteiger charge is -2.07. The number of nitrogens with zero attached hydrogens (tertiary/aromatic N) is 3. The third kappa shape index (κ3) is 2.11. The Kier molecular flexibility index (Phi) is 3.28. The first-order valence-electron chi connectivity index (χ1n) is 5.26. The minimum Gasteiger partial charge on any atom is -0.314 e. The molecule has 2 aromatic rings. The highest BCUT2D eigenvalue weighted by Crippen LogP contribution is 2.29. The smallest absolute Gasteiger partial charge is 0.113 e. The minimum absolute atomic E-state index is 0.244. The summed E-state index contributed by atoms with van der Waals surface area (Å²) in [7, 11) is 0. The van der Waals surface area contributed by atoms with Crippen LogP contribution in [0.25, 0.3) is 11.0 Å². The maximum absolute atomic E-state index is 8.87. The van der Waals surface area contributed by atoms with Gasteiger partial charge in [0.2, 0.25) is 0 Å². The average Bonchev–Trinajstić information content (AvgIpc) is 2.59. The van der Waals surface area contributed by atoms with Crippen molar-refractivity contribution >= 4 is 34.2 Å². The van der Waals surface area contributed by atoms with Crippen LogP contribution in [0.15, 0.2) is 12.1 Å². The van der Waals surface area contributed by atoms with Crippen molar-refractivity contribution in [2.75, 3.05) is 0 Å². The zero-order valence-corrected chi connectivity index (χ0v) is 11.0. The molecule has 1 aromatic carbocycles. The molecule has 5 heteroatoms. The van der Waals surface area contributed by atoms with Crippen molar-refractivity contribution in [3.8, 4) is 6.07 Å². The van der Waals surface area contributed by atoms with E-state index in [1.165, 1.54) is 0 Å². The van der Waals surface area contributed by atoms with Crippen molar-refractivity contribution in [3.63, 3.8) is 0 Å². The molecule has 0 unspecified atom stereocenters. The lowest BCUT2D eigenvalue weighted by molar-refractivity contribution is 0.696. The van der Waals surface area contributed by atoms with Crippen molar-refractivity contribution in [3.05, 3.63) is 28.0 Å². The van der Waals surface area contributed by atoms with E-state index >= 15 is 0 Å². The van der Waals surface area contributed by atoms with Gasteiger partial charge in [-0.05, 0) is 12.1 Å². The minimum atomic E-state index is 0.244. The molecule has 0 N–H and O–H groups in total. The number of aromatic nitrogens is 2. The lowest BCUT2D eigenvalue weighted by atomic mass is 10.2. The fourth-order valence-electron chi connectivity index (χ4n) is 1.82. The third-order valence-electron chi connectivity index (χ3n) is 2.57. The van der Waals surface area contributed by atoms with Gasteiger partial charge in [-0.2, -0.15) is 5.26 Å². The zero-order valence-electron chi connectivity index (χ0n) is 9.54. The third-order valence-corrected chi connectivity index (χ3v) is 3.29. The molecule has 1 heterocycles. The molecule has 2 rings (SSSR count). The molecule has 0 amide bonds. The monoisotopic (exact) mass is 267 g/mol. The molecule has 0 bridgehead atoms. The number of nitriles is 1. The van der Waals surface area contributed by atoms with Crippen LogP contribution in [0.5, 0.6) is 0 Å². The average molecular weight is 268 g/mol. The second-order valence-corrected chi connectivity index (χ2v) is 4.94. The van der Waals surface area contributed by atoms with Gasteiger partial charge in [-0.1, -0.05) is 37.0 Å². The molecule has 0 atom stereocenters. The van der Waals surface area contributed by atoms with Crippen LogP contribution < -0.4 is 0 Å². The quantitative estimate of drug-likeness (QED) is 0.826. The summed E-state index contributed by atoms with van der Waals surface area (Å²) in [5, 5.41) is 9.83. The number of rotatable bonds is 2. The van der Waals surface area contributed by atoms with Gasteiger partial charge in [-0.25, -0.2) is 4.98 Å². The number of fused-ring (bicyclic) bond motifs is 1. The van der Waals surface area contributed by atoms with E-state index in [9.17, 15) is 0 Å². The zero-order chi connectivity index (χ0) is 12.6. The van der Waals surface area contributed by atoms with Gasteiger partial charge in [0, 0.05) is 5.92 Å². The Morgan fingerprint density at radius 3 is 2.59 bits per heavy atom. The second kappa shape index (κ2) is 4.56. The Morgan fingerprint density at radius 2 is 2.00 bits per heavy atom.